The molecule has 1 amide bonds. The van der Waals surface area contributed by atoms with Crippen molar-refractivity contribution in [2.45, 2.75) is 18.5 Å². The zero-order valence-electron chi connectivity index (χ0n) is 14.0. The van der Waals surface area contributed by atoms with Crippen molar-refractivity contribution >= 4 is 34.4 Å². The molecule has 0 aliphatic heterocycles. The minimum atomic E-state index is -0.116. The number of pyridine rings is 1. The van der Waals surface area contributed by atoms with Crippen molar-refractivity contribution < 1.29 is 4.79 Å². The predicted octanol–water partition coefficient (Wildman–Crippen LogP) is 2.76. The number of aryl methyl sites for hydroxylation is 1. The Morgan fingerprint density at radius 1 is 1.24 bits per heavy atom. The fraction of sp³-hybridized carbons (Fsp3) is 0.222. The van der Waals surface area contributed by atoms with Crippen molar-refractivity contribution in [3.05, 3.63) is 58.5 Å². The molecule has 0 radical (unpaired) electrons. The minimum absolute atomic E-state index is 0.0820. The number of aromatic nitrogens is 3. The molecule has 0 unspecified atom stereocenters. The molecule has 0 fully saturated rings. The van der Waals surface area contributed by atoms with Crippen LogP contribution in [0.2, 0.25) is 0 Å². The third-order valence-electron chi connectivity index (χ3n) is 3.68. The van der Waals surface area contributed by atoms with Crippen LogP contribution in [-0.2, 0) is 11.8 Å². The van der Waals surface area contributed by atoms with Crippen molar-refractivity contribution in [1.82, 2.24) is 14.5 Å². The van der Waals surface area contributed by atoms with E-state index < -0.39 is 0 Å². The number of anilines is 1. The molecule has 0 saturated carbocycles. The molecule has 2 aromatic heterocycles. The fourth-order valence-electron chi connectivity index (χ4n) is 2.31. The van der Waals surface area contributed by atoms with E-state index in [0.717, 1.165) is 5.56 Å². The summed E-state index contributed by atoms with van der Waals surface area (Å²) in [5, 5.41) is 3.96. The molecule has 128 valence electrons. The Morgan fingerprint density at radius 3 is 2.80 bits per heavy atom. The molecular formula is C18H18N4O2S. The van der Waals surface area contributed by atoms with Crippen LogP contribution in [0.15, 0.2) is 52.5 Å². The quantitative estimate of drug-likeness (QED) is 0.563. The minimum Gasteiger partial charge on any atom is -0.311 e. The average Bonchev–Trinajstić information content (AvgIpc) is 2.61. The monoisotopic (exact) mass is 354 g/mol. The van der Waals surface area contributed by atoms with Gasteiger partial charge in [-0.1, -0.05) is 30.0 Å². The van der Waals surface area contributed by atoms with Gasteiger partial charge in [-0.3, -0.25) is 14.2 Å². The maximum absolute atomic E-state index is 12.3. The second-order valence-corrected chi connectivity index (χ2v) is 6.71. The van der Waals surface area contributed by atoms with Gasteiger partial charge in [0.1, 0.15) is 5.82 Å². The highest BCUT2D eigenvalue weighted by Crippen LogP contribution is 2.17. The summed E-state index contributed by atoms with van der Waals surface area (Å²) in [5.41, 5.74) is 1.62. The first-order valence-electron chi connectivity index (χ1n) is 7.85. The number of thioether (sulfide) groups is 1. The number of amides is 1. The number of nitrogens with zero attached hydrogens (tertiary/aromatic N) is 3. The molecule has 3 aromatic rings. The van der Waals surface area contributed by atoms with Crippen LogP contribution >= 0.6 is 11.8 Å². The van der Waals surface area contributed by atoms with Crippen molar-refractivity contribution in [3.8, 4) is 0 Å². The van der Waals surface area contributed by atoms with Gasteiger partial charge in [-0.15, -0.1) is 0 Å². The summed E-state index contributed by atoms with van der Waals surface area (Å²) in [4.78, 5) is 33.0. The van der Waals surface area contributed by atoms with E-state index in [1.165, 1.54) is 16.3 Å². The Balaban J connectivity index is 1.63. The highest BCUT2D eigenvalue weighted by atomic mass is 32.2. The normalized spacial score (nSPS) is 10.8. The molecule has 7 heteroatoms. The van der Waals surface area contributed by atoms with E-state index in [1.807, 2.05) is 31.2 Å². The van der Waals surface area contributed by atoms with Gasteiger partial charge in [-0.05, 0) is 30.7 Å². The maximum atomic E-state index is 12.3. The van der Waals surface area contributed by atoms with Crippen molar-refractivity contribution in [3.63, 3.8) is 0 Å². The van der Waals surface area contributed by atoms with Crippen LogP contribution in [0.25, 0.3) is 10.9 Å². The summed E-state index contributed by atoms with van der Waals surface area (Å²) in [7, 11) is 1.69. The van der Waals surface area contributed by atoms with Crippen LogP contribution in [0, 0.1) is 6.92 Å². The van der Waals surface area contributed by atoms with Gasteiger partial charge in [0.05, 0.1) is 10.9 Å². The Bertz CT molecular complexity index is 967. The van der Waals surface area contributed by atoms with E-state index >= 15 is 0 Å². The van der Waals surface area contributed by atoms with Gasteiger partial charge in [0.25, 0.3) is 5.56 Å². The first kappa shape index (κ1) is 17.2. The first-order chi connectivity index (χ1) is 12.0. The lowest BCUT2D eigenvalue weighted by Gasteiger charge is -2.08. The average molecular weight is 354 g/mol. The third-order valence-corrected chi connectivity index (χ3v) is 4.71. The van der Waals surface area contributed by atoms with Crippen LogP contribution in [-0.4, -0.2) is 26.2 Å². The number of nitrogens with one attached hydrogen (secondary N) is 1. The second kappa shape index (κ2) is 7.48. The van der Waals surface area contributed by atoms with Crippen LogP contribution < -0.4 is 10.9 Å². The third kappa shape index (κ3) is 4.06. The molecular weight excluding hydrogens is 336 g/mol. The summed E-state index contributed by atoms with van der Waals surface area (Å²) in [6, 6.07) is 10.9. The summed E-state index contributed by atoms with van der Waals surface area (Å²) >= 11 is 1.39. The van der Waals surface area contributed by atoms with Crippen LogP contribution in [0.1, 0.15) is 12.0 Å². The number of hydrogen-bond donors (Lipinski definition) is 1. The number of carbonyl (C=O) groups is 1. The van der Waals surface area contributed by atoms with Crippen LogP contribution in [0.5, 0.6) is 0 Å². The van der Waals surface area contributed by atoms with Crippen molar-refractivity contribution in [1.29, 1.82) is 0 Å². The van der Waals surface area contributed by atoms with Gasteiger partial charge in [0, 0.05) is 25.4 Å². The Morgan fingerprint density at radius 2 is 2.04 bits per heavy atom. The van der Waals surface area contributed by atoms with Gasteiger partial charge in [0.2, 0.25) is 5.91 Å². The van der Waals surface area contributed by atoms with Crippen LogP contribution in [0.4, 0.5) is 5.82 Å². The second-order valence-electron chi connectivity index (χ2n) is 5.64. The molecule has 1 aromatic carbocycles. The summed E-state index contributed by atoms with van der Waals surface area (Å²) in [6.45, 7) is 1.94. The zero-order valence-corrected chi connectivity index (χ0v) is 14.8. The lowest BCUT2D eigenvalue weighted by molar-refractivity contribution is -0.115. The van der Waals surface area contributed by atoms with E-state index in [2.05, 4.69) is 15.3 Å². The lowest BCUT2D eigenvalue weighted by Crippen LogP contribution is -2.20. The van der Waals surface area contributed by atoms with Gasteiger partial charge in [-0.2, -0.15) is 0 Å². The summed E-state index contributed by atoms with van der Waals surface area (Å²) < 4.78 is 1.52. The molecule has 6 nitrogen and oxygen atoms in total. The van der Waals surface area contributed by atoms with E-state index in [0.29, 0.717) is 34.1 Å². The molecule has 0 aliphatic rings. The van der Waals surface area contributed by atoms with E-state index in [4.69, 9.17) is 0 Å². The number of rotatable bonds is 5. The number of benzene rings is 1. The lowest BCUT2D eigenvalue weighted by atomic mass is 10.2. The number of fused-ring (bicyclic) bond motifs is 1. The number of para-hydroxylation sites is 1. The van der Waals surface area contributed by atoms with Gasteiger partial charge < -0.3 is 5.32 Å². The summed E-state index contributed by atoms with van der Waals surface area (Å²) in [5.74, 6) is 0.947. The van der Waals surface area contributed by atoms with Crippen molar-refractivity contribution in [2.75, 3.05) is 11.1 Å². The maximum Gasteiger partial charge on any atom is 0.261 e. The number of hydrogen-bond acceptors (Lipinski definition) is 5. The van der Waals surface area contributed by atoms with E-state index in [-0.39, 0.29) is 11.5 Å². The topological polar surface area (TPSA) is 76.9 Å². The zero-order chi connectivity index (χ0) is 17.8. The molecule has 0 spiro atoms. The highest BCUT2D eigenvalue weighted by Gasteiger charge is 2.10. The van der Waals surface area contributed by atoms with Crippen molar-refractivity contribution in [2.24, 2.45) is 7.05 Å². The Kier molecular flexibility index (Phi) is 5.14. The van der Waals surface area contributed by atoms with Gasteiger partial charge in [0.15, 0.2) is 5.16 Å². The smallest absolute Gasteiger partial charge is 0.261 e. The van der Waals surface area contributed by atoms with E-state index in [1.54, 1.807) is 25.4 Å². The molecule has 0 bridgehead atoms. The molecule has 0 saturated heterocycles. The molecule has 25 heavy (non-hydrogen) atoms. The molecule has 0 atom stereocenters. The molecule has 0 aliphatic carbocycles. The van der Waals surface area contributed by atoms with Crippen LogP contribution in [0.3, 0.4) is 0 Å². The van der Waals surface area contributed by atoms with E-state index in [9.17, 15) is 9.59 Å². The molecule has 1 N–H and O–H groups in total. The fourth-order valence-corrected chi connectivity index (χ4v) is 3.22. The van der Waals surface area contributed by atoms with Gasteiger partial charge >= 0.3 is 0 Å². The molecule has 2 heterocycles. The van der Waals surface area contributed by atoms with Gasteiger partial charge in [-0.25, -0.2) is 9.97 Å². The molecule has 3 rings (SSSR count). The standard InChI is InChI=1S/C18H18N4O2S/c1-12-7-8-15(19-11-12)21-16(23)9-10-25-18-20-14-6-4-3-5-13(14)17(24)22(18)2/h3-8,11H,9-10H2,1-2H3,(H,19,21,23). The summed E-state index contributed by atoms with van der Waals surface area (Å²) in [6.07, 6.45) is 2.02. The number of carbonyl (C=O) groups excluding carboxylic acids is 1. The highest BCUT2D eigenvalue weighted by molar-refractivity contribution is 7.99. The predicted molar refractivity (Wildman–Crippen MR) is 99.9 cm³/mol. The Labute approximate surface area is 149 Å². The SMILES string of the molecule is Cc1ccc(NC(=O)CCSc2nc3ccccc3c(=O)n2C)nc1. The first-order valence-corrected chi connectivity index (χ1v) is 8.84. The Hall–Kier alpha value is -2.67. The largest absolute Gasteiger partial charge is 0.311 e.